The van der Waals surface area contributed by atoms with Crippen molar-refractivity contribution in [3.63, 3.8) is 0 Å². The molecule has 0 saturated carbocycles. The van der Waals surface area contributed by atoms with E-state index in [0.717, 1.165) is 11.6 Å². The molecule has 0 N–H and O–H groups in total. The number of hydrogen-bond donors (Lipinski definition) is 0. The van der Waals surface area contributed by atoms with E-state index in [9.17, 15) is 22.0 Å². The predicted molar refractivity (Wildman–Crippen MR) is 171 cm³/mol. The average Bonchev–Trinajstić information content (AvgIpc) is 3.02. The Morgan fingerprint density at radius 2 is 1.44 bits per heavy atom. The molecule has 0 saturated heterocycles. The van der Waals surface area contributed by atoms with E-state index in [4.69, 9.17) is 9.47 Å². The topological polar surface area (TPSA) is 77.8 Å². The smallest absolute Gasteiger partial charge is 0.254 e. The molecule has 7 nitrogen and oxygen atoms in total. The van der Waals surface area contributed by atoms with E-state index in [-0.39, 0.29) is 41.7 Å². The Labute approximate surface area is 261 Å². The minimum absolute atomic E-state index is 0.136. The monoisotopic (exact) mass is 630 g/mol. The Kier molecular flexibility index (Phi) is 9.63. The zero-order valence-electron chi connectivity index (χ0n) is 24.8. The largest absolute Gasteiger partial charge is 0.493 e. The lowest BCUT2D eigenvalue weighted by atomic mass is 10.0. The van der Waals surface area contributed by atoms with Gasteiger partial charge < -0.3 is 14.0 Å². The van der Waals surface area contributed by atoms with Gasteiger partial charge in [-0.05, 0) is 54.8 Å². The highest BCUT2D eigenvalue weighted by Crippen LogP contribution is 2.41. The highest BCUT2D eigenvalue weighted by Gasteiger charge is 2.26. The van der Waals surface area contributed by atoms with Gasteiger partial charge in [0, 0.05) is 43.0 Å². The molecule has 0 aliphatic heterocycles. The molecular weight excluding hydrogens is 598 g/mol. The van der Waals surface area contributed by atoms with Gasteiger partial charge in [-0.2, -0.15) is 0 Å². The number of pyridine rings is 1. The number of benzene rings is 4. The lowest BCUT2D eigenvalue weighted by Gasteiger charge is -2.26. The molecule has 1 heterocycles. The Balaban J connectivity index is 1.66. The summed E-state index contributed by atoms with van der Waals surface area (Å²) in [5, 5.41) is 0. The number of rotatable bonds is 12. The Morgan fingerprint density at radius 1 is 0.778 bits per heavy atom. The molecular formula is C35H32F2N2O5S. The van der Waals surface area contributed by atoms with Crippen molar-refractivity contribution in [1.82, 2.24) is 4.57 Å². The second-order valence-corrected chi connectivity index (χ2v) is 12.2. The molecule has 10 heteroatoms. The fourth-order valence-corrected chi connectivity index (χ4v) is 6.48. The lowest BCUT2D eigenvalue weighted by molar-refractivity contribution is 0.340. The summed E-state index contributed by atoms with van der Waals surface area (Å²) in [5.41, 5.74) is 2.36. The first-order chi connectivity index (χ1) is 21.6. The number of halogens is 2. The van der Waals surface area contributed by atoms with E-state index in [2.05, 4.69) is 0 Å². The highest BCUT2D eigenvalue weighted by molar-refractivity contribution is 7.92. The molecule has 5 rings (SSSR count). The van der Waals surface area contributed by atoms with Crippen molar-refractivity contribution in [2.24, 2.45) is 7.05 Å². The molecule has 0 fully saturated rings. The summed E-state index contributed by atoms with van der Waals surface area (Å²) in [5.74, 6) is -1.75. The van der Waals surface area contributed by atoms with E-state index in [1.165, 1.54) is 27.1 Å². The van der Waals surface area contributed by atoms with E-state index in [0.29, 0.717) is 34.9 Å². The van der Waals surface area contributed by atoms with E-state index < -0.39 is 21.7 Å². The number of sulfonamides is 1. The Bertz CT molecular complexity index is 1950. The summed E-state index contributed by atoms with van der Waals surface area (Å²) in [7, 11) is -2.34. The predicted octanol–water partition coefficient (Wildman–Crippen LogP) is 7.10. The molecule has 0 atom stereocenters. The second kappa shape index (κ2) is 13.8. The van der Waals surface area contributed by atoms with Crippen LogP contribution in [0.25, 0.3) is 11.1 Å². The normalized spacial score (nSPS) is 11.3. The second-order valence-electron chi connectivity index (χ2n) is 10.3. The standard InChI is InChI=1S/C35H32F2N2O5S/c1-3-43-34-22-35(40)38(2)23-30(34)29-21-28(15-17-32(29)44-33-16-14-27(36)20-31(33)37)39(19-18-25-10-6-4-7-11-25)45(41,42)24-26-12-8-5-9-13-26/h4-17,20-23H,3,18-19,24H2,1-2H3. The van der Waals surface area contributed by atoms with Crippen LogP contribution >= 0.6 is 0 Å². The van der Waals surface area contributed by atoms with Gasteiger partial charge in [0.1, 0.15) is 17.3 Å². The van der Waals surface area contributed by atoms with Gasteiger partial charge in [-0.1, -0.05) is 60.7 Å². The van der Waals surface area contributed by atoms with Crippen molar-refractivity contribution in [3.05, 3.63) is 142 Å². The van der Waals surface area contributed by atoms with Crippen LogP contribution in [0.15, 0.2) is 114 Å². The maximum absolute atomic E-state index is 14.7. The molecule has 0 unspecified atom stereocenters. The minimum Gasteiger partial charge on any atom is -0.493 e. The molecule has 0 radical (unpaired) electrons. The summed E-state index contributed by atoms with van der Waals surface area (Å²) >= 11 is 0. The Hall–Kier alpha value is -4.96. The molecule has 0 aliphatic rings. The molecule has 5 aromatic rings. The molecule has 4 aromatic carbocycles. The van der Waals surface area contributed by atoms with Crippen LogP contribution in [0, 0.1) is 11.6 Å². The summed E-state index contributed by atoms with van der Waals surface area (Å²) in [6.07, 6.45) is 1.99. The van der Waals surface area contributed by atoms with Crippen LogP contribution in [0.4, 0.5) is 14.5 Å². The van der Waals surface area contributed by atoms with Crippen LogP contribution < -0.4 is 19.3 Å². The molecule has 0 amide bonds. The van der Waals surface area contributed by atoms with Crippen molar-refractivity contribution < 1.29 is 26.7 Å². The Morgan fingerprint density at radius 3 is 2.11 bits per heavy atom. The van der Waals surface area contributed by atoms with E-state index in [1.807, 2.05) is 36.4 Å². The highest BCUT2D eigenvalue weighted by atomic mass is 32.2. The third-order valence-corrected chi connectivity index (χ3v) is 8.88. The van der Waals surface area contributed by atoms with Gasteiger partial charge in [0.15, 0.2) is 11.6 Å². The number of anilines is 1. The third kappa shape index (κ3) is 7.58. The minimum atomic E-state index is -3.91. The van der Waals surface area contributed by atoms with Crippen LogP contribution in [0.2, 0.25) is 0 Å². The molecule has 0 bridgehead atoms. The molecule has 0 spiro atoms. The molecule has 232 valence electrons. The van der Waals surface area contributed by atoms with Crippen LogP contribution in [0.1, 0.15) is 18.1 Å². The van der Waals surface area contributed by atoms with Crippen molar-refractivity contribution in [3.8, 4) is 28.4 Å². The van der Waals surface area contributed by atoms with Gasteiger partial charge >= 0.3 is 0 Å². The van der Waals surface area contributed by atoms with Crippen LogP contribution in [-0.4, -0.2) is 26.1 Å². The summed E-state index contributed by atoms with van der Waals surface area (Å²) in [6.45, 7) is 2.15. The van der Waals surface area contributed by atoms with Crippen molar-refractivity contribution >= 4 is 15.7 Å². The summed E-state index contributed by atoms with van der Waals surface area (Å²) in [6, 6.07) is 27.5. The van der Waals surface area contributed by atoms with E-state index in [1.54, 1.807) is 56.6 Å². The number of aromatic nitrogens is 1. The molecule has 1 aromatic heterocycles. The van der Waals surface area contributed by atoms with Gasteiger partial charge in [0.2, 0.25) is 10.0 Å². The number of ether oxygens (including phenoxy) is 2. The van der Waals surface area contributed by atoms with Gasteiger partial charge in [-0.15, -0.1) is 0 Å². The van der Waals surface area contributed by atoms with Gasteiger partial charge in [-0.3, -0.25) is 9.10 Å². The van der Waals surface area contributed by atoms with Crippen LogP contribution in [0.3, 0.4) is 0 Å². The fraction of sp³-hybridized carbons (Fsp3) is 0.171. The van der Waals surface area contributed by atoms with Gasteiger partial charge in [0.05, 0.1) is 18.0 Å². The van der Waals surface area contributed by atoms with Crippen molar-refractivity contribution in [2.45, 2.75) is 19.1 Å². The van der Waals surface area contributed by atoms with Gasteiger partial charge in [0.25, 0.3) is 5.56 Å². The number of hydrogen-bond acceptors (Lipinski definition) is 5. The van der Waals surface area contributed by atoms with Crippen molar-refractivity contribution in [1.29, 1.82) is 0 Å². The summed E-state index contributed by atoms with van der Waals surface area (Å²) in [4.78, 5) is 12.5. The van der Waals surface area contributed by atoms with Crippen LogP contribution in [0.5, 0.6) is 17.2 Å². The third-order valence-electron chi connectivity index (χ3n) is 7.12. The maximum Gasteiger partial charge on any atom is 0.254 e. The maximum atomic E-state index is 14.7. The first-order valence-corrected chi connectivity index (χ1v) is 15.9. The van der Waals surface area contributed by atoms with Gasteiger partial charge in [-0.25, -0.2) is 17.2 Å². The number of aryl methyl sites for hydroxylation is 1. The van der Waals surface area contributed by atoms with E-state index >= 15 is 0 Å². The van der Waals surface area contributed by atoms with Crippen molar-refractivity contribution in [2.75, 3.05) is 17.5 Å². The molecule has 0 aliphatic carbocycles. The zero-order valence-corrected chi connectivity index (χ0v) is 25.6. The van der Waals surface area contributed by atoms with Crippen LogP contribution in [-0.2, 0) is 29.2 Å². The first kappa shape index (κ1) is 31.5. The first-order valence-electron chi connectivity index (χ1n) is 14.3. The number of nitrogens with zero attached hydrogens (tertiary/aromatic N) is 2. The zero-order chi connectivity index (χ0) is 32.0. The quantitative estimate of drug-likeness (QED) is 0.147. The SMILES string of the molecule is CCOc1cc(=O)n(C)cc1-c1cc(N(CCc2ccccc2)S(=O)(=O)Cc2ccccc2)ccc1Oc1ccc(F)cc1F. The summed E-state index contributed by atoms with van der Waals surface area (Å²) < 4.78 is 70.9. The lowest BCUT2D eigenvalue weighted by Crippen LogP contribution is -2.34. The average molecular weight is 631 g/mol. The molecule has 45 heavy (non-hydrogen) atoms. The fourth-order valence-electron chi connectivity index (χ4n) is 4.91.